The van der Waals surface area contributed by atoms with Gasteiger partial charge in [0, 0.05) is 43.1 Å². The monoisotopic (exact) mass is 498 g/mol. The number of hydrogen-bond acceptors (Lipinski definition) is 5. The van der Waals surface area contributed by atoms with Crippen LogP contribution in [0.3, 0.4) is 0 Å². The van der Waals surface area contributed by atoms with E-state index in [-0.39, 0.29) is 11.9 Å². The number of morpholine rings is 1. The number of likely N-dealkylation sites (tertiary alicyclic amines) is 1. The molecule has 2 aliphatic heterocycles. The number of carbonyl (C=O) groups excluding carboxylic acids is 1. The van der Waals surface area contributed by atoms with Crippen LogP contribution in [0.25, 0.3) is 11.8 Å². The number of aryl methyl sites for hydroxylation is 1. The van der Waals surface area contributed by atoms with Crippen LogP contribution in [-0.2, 0) is 22.4 Å². The second-order valence-corrected chi connectivity index (χ2v) is 10.2. The molecule has 0 spiro atoms. The summed E-state index contributed by atoms with van der Waals surface area (Å²) in [5, 5.41) is 0. The number of amides is 1. The first-order valence-electron chi connectivity index (χ1n) is 13.2. The van der Waals surface area contributed by atoms with Gasteiger partial charge in [0.25, 0.3) is 0 Å². The number of anilines is 1. The quantitative estimate of drug-likeness (QED) is 0.494. The zero-order chi connectivity index (χ0) is 25.4. The highest BCUT2D eigenvalue weighted by Crippen LogP contribution is 2.33. The lowest BCUT2D eigenvalue weighted by atomic mass is 9.98. The van der Waals surface area contributed by atoms with E-state index in [0.29, 0.717) is 0 Å². The molecule has 1 unspecified atom stereocenters. The molecule has 192 valence electrons. The van der Waals surface area contributed by atoms with Crippen LogP contribution in [0.5, 0.6) is 5.75 Å². The normalized spacial score (nSPS) is 21.0. The van der Waals surface area contributed by atoms with Gasteiger partial charge in [-0.3, -0.25) is 4.79 Å². The van der Waals surface area contributed by atoms with Crippen LogP contribution in [-0.4, -0.2) is 66.4 Å². The molecule has 0 saturated carbocycles. The number of carbonyl (C=O) groups is 1. The molecule has 7 nitrogen and oxygen atoms in total. The molecule has 1 atom stereocenters. The lowest BCUT2D eigenvalue weighted by Crippen LogP contribution is -2.44. The number of imidazole rings is 1. The molecule has 3 heterocycles. The van der Waals surface area contributed by atoms with E-state index in [4.69, 9.17) is 9.47 Å². The largest absolute Gasteiger partial charge is 0.495 e. The number of ether oxygens (including phenoxy) is 2. The third-order valence-corrected chi connectivity index (χ3v) is 7.83. The van der Waals surface area contributed by atoms with E-state index >= 15 is 0 Å². The molecule has 2 aromatic carbocycles. The summed E-state index contributed by atoms with van der Waals surface area (Å²) in [5.41, 5.74) is 7.77. The molecule has 0 N–H and O–H groups in total. The summed E-state index contributed by atoms with van der Waals surface area (Å²) in [4.78, 5) is 22.5. The Bertz CT molecular complexity index is 1340. The third kappa shape index (κ3) is 4.76. The summed E-state index contributed by atoms with van der Waals surface area (Å²) in [6.07, 6.45) is 9.47. The van der Waals surface area contributed by atoms with Crippen LogP contribution in [0.2, 0.25) is 0 Å². The first-order valence-corrected chi connectivity index (χ1v) is 13.2. The Balaban J connectivity index is 1.19. The van der Waals surface area contributed by atoms with E-state index in [0.717, 1.165) is 86.8 Å². The predicted molar refractivity (Wildman–Crippen MR) is 144 cm³/mol. The van der Waals surface area contributed by atoms with Gasteiger partial charge in [0.05, 0.1) is 38.0 Å². The number of benzene rings is 2. The fourth-order valence-electron chi connectivity index (χ4n) is 5.89. The summed E-state index contributed by atoms with van der Waals surface area (Å²) < 4.78 is 13.1. The summed E-state index contributed by atoms with van der Waals surface area (Å²) in [6, 6.07) is 13.1. The molecule has 0 bridgehead atoms. The van der Waals surface area contributed by atoms with Gasteiger partial charge in [0.15, 0.2) is 0 Å². The Hall–Kier alpha value is -3.58. The van der Waals surface area contributed by atoms with Crippen LogP contribution < -0.4 is 9.64 Å². The molecular weight excluding hydrogens is 464 g/mol. The van der Waals surface area contributed by atoms with Gasteiger partial charge in [-0.2, -0.15) is 0 Å². The molecule has 2 saturated heterocycles. The summed E-state index contributed by atoms with van der Waals surface area (Å²) in [6.45, 7) is 6.24. The Kier molecular flexibility index (Phi) is 6.47. The van der Waals surface area contributed by atoms with E-state index in [1.165, 1.54) is 16.8 Å². The molecule has 3 aliphatic rings. The fourth-order valence-corrected chi connectivity index (χ4v) is 5.89. The second kappa shape index (κ2) is 10.1. The molecule has 6 rings (SSSR count). The molecular formula is C30H34N4O3. The van der Waals surface area contributed by atoms with E-state index in [1.807, 2.05) is 42.0 Å². The van der Waals surface area contributed by atoms with Crippen molar-refractivity contribution in [1.29, 1.82) is 0 Å². The summed E-state index contributed by atoms with van der Waals surface area (Å²) in [7, 11) is 1.68. The van der Waals surface area contributed by atoms with Crippen LogP contribution in [0.4, 0.5) is 5.69 Å². The standard InChI is InChI=1S/C30H34N4O3/c1-21-19-33(20-31-21)28-8-5-22(15-29(28)36-2)14-24-4-3-9-34(30(24)35)27-16-23-6-7-26(17-25(23)18-27)32-10-12-37-13-11-32/h5-8,14-15,17,19-20,27H,3-4,9-13,16,18H2,1-2H3. The lowest BCUT2D eigenvalue weighted by molar-refractivity contribution is -0.130. The average molecular weight is 499 g/mol. The minimum absolute atomic E-state index is 0.172. The Morgan fingerprint density at radius 1 is 1.05 bits per heavy atom. The van der Waals surface area contributed by atoms with Crippen molar-refractivity contribution in [2.24, 2.45) is 0 Å². The highest BCUT2D eigenvalue weighted by Gasteiger charge is 2.33. The Morgan fingerprint density at radius 2 is 1.89 bits per heavy atom. The van der Waals surface area contributed by atoms with Gasteiger partial charge in [-0.1, -0.05) is 12.1 Å². The number of hydrogen-bond donors (Lipinski definition) is 0. The van der Waals surface area contributed by atoms with E-state index in [1.54, 1.807) is 13.4 Å². The van der Waals surface area contributed by atoms with Crippen molar-refractivity contribution < 1.29 is 14.3 Å². The van der Waals surface area contributed by atoms with Gasteiger partial charge in [-0.15, -0.1) is 0 Å². The second-order valence-electron chi connectivity index (χ2n) is 10.2. The average Bonchev–Trinajstić information content (AvgIpc) is 3.56. The maximum Gasteiger partial charge on any atom is 0.250 e. The van der Waals surface area contributed by atoms with Gasteiger partial charge in [0.1, 0.15) is 5.75 Å². The van der Waals surface area contributed by atoms with Crippen molar-refractivity contribution in [3.8, 4) is 11.4 Å². The van der Waals surface area contributed by atoms with Crippen molar-refractivity contribution in [2.75, 3.05) is 44.9 Å². The zero-order valence-corrected chi connectivity index (χ0v) is 21.7. The van der Waals surface area contributed by atoms with Crippen molar-refractivity contribution in [3.63, 3.8) is 0 Å². The number of aromatic nitrogens is 2. The zero-order valence-electron chi connectivity index (χ0n) is 21.7. The van der Waals surface area contributed by atoms with E-state index < -0.39 is 0 Å². The predicted octanol–water partition coefficient (Wildman–Crippen LogP) is 4.20. The highest BCUT2D eigenvalue weighted by atomic mass is 16.5. The highest BCUT2D eigenvalue weighted by molar-refractivity contribution is 5.99. The van der Waals surface area contributed by atoms with Crippen molar-refractivity contribution in [2.45, 2.75) is 38.6 Å². The van der Waals surface area contributed by atoms with Crippen LogP contribution in [0, 0.1) is 6.92 Å². The van der Waals surface area contributed by atoms with Crippen molar-refractivity contribution in [3.05, 3.63) is 76.9 Å². The number of nitrogens with zero attached hydrogens (tertiary/aromatic N) is 4. The van der Waals surface area contributed by atoms with E-state index in [2.05, 4.69) is 33.0 Å². The molecule has 3 aromatic rings. The van der Waals surface area contributed by atoms with Crippen molar-refractivity contribution in [1.82, 2.24) is 14.5 Å². The smallest absolute Gasteiger partial charge is 0.250 e. The first-order chi connectivity index (χ1) is 18.1. The minimum Gasteiger partial charge on any atom is -0.495 e. The Labute approximate surface area is 218 Å². The minimum atomic E-state index is 0.172. The van der Waals surface area contributed by atoms with Crippen LogP contribution in [0.15, 0.2) is 54.5 Å². The molecule has 2 fully saturated rings. The van der Waals surface area contributed by atoms with E-state index in [9.17, 15) is 4.79 Å². The lowest BCUT2D eigenvalue weighted by Gasteiger charge is -2.33. The molecule has 7 heteroatoms. The van der Waals surface area contributed by atoms with Gasteiger partial charge in [0.2, 0.25) is 5.91 Å². The SMILES string of the molecule is COc1cc(C=C2CCCN(C3Cc4ccc(N5CCOCC5)cc4C3)C2=O)ccc1-n1cnc(C)c1. The number of fused-ring (bicyclic) bond motifs is 1. The number of piperidine rings is 1. The van der Waals surface area contributed by atoms with Crippen molar-refractivity contribution >= 4 is 17.7 Å². The maximum atomic E-state index is 13.6. The van der Waals surface area contributed by atoms with Gasteiger partial charge >= 0.3 is 0 Å². The molecule has 37 heavy (non-hydrogen) atoms. The summed E-state index contributed by atoms with van der Waals surface area (Å²) in [5.74, 6) is 0.930. The summed E-state index contributed by atoms with van der Waals surface area (Å²) >= 11 is 0. The molecule has 1 amide bonds. The van der Waals surface area contributed by atoms with Gasteiger partial charge in [-0.05, 0) is 79.6 Å². The first kappa shape index (κ1) is 23.8. The molecule has 0 radical (unpaired) electrons. The molecule has 1 aliphatic carbocycles. The Morgan fingerprint density at radius 3 is 2.68 bits per heavy atom. The fraction of sp³-hybridized carbons (Fsp3) is 0.400. The van der Waals surface area contributed by atoms with Gasteiger partial charge < -0.3 is 23.8 Å². The van der Waals surface area contributed by atoms with Gasteiger partial charge in [-0.25, -0.2) is 4.98 Å². The number of methoxy groups -OCH3 is 1. The topological polar surface area (TPSA) is 59.8 Å². The third-order valence-electron chi connectivity index (χ3n) is 7.83. The number of rotatable bonds is 5. The van der Waals surface area contributed by atoms with Crippen LogP contribution >= 0.6 is 0 Å². The molecule has 1 aromatic heterocycles. The van der Waals surface area contributed by atoms with Crippen LogP contribution in [0.1, 0.15) is 35.2 Å². The maximum absolute atomic E-state index is 13.6.